The lowest BCUT2D eigenvalue weighted by atomic mass is 10.1. The molecule has 0 unspecified atom stereocenters. The van der Waals surface area contributed by atoms with Crippen LogP contribution in [0.5, 0.6) is 5.75 Å². The van der Waals surface area contributed by atoms with Gasteiger partial charge in [0.2, 0.25) is 0 Å². The van der Waals surface area contributed by atoms with E-state index < -0.39 is 0 Å². The van der Waals surface area contributed by atoms with Gasteiger partial charge < -0.3 is 15.4 Å². The molecule has 0 saturated carbocycles. The lowest BCUT2D eigenvalue weighted by molar-refractivity contribution is 0.414. The number of rotatable bonds is 7. The molecule has 0 amide bonds. The van der Waals surface area contributed by atoms with E-state index in [1.54, 1.807) is 25.5 Å². The zero-order chi connectivity index (χ0) is 16.5. The molecule has 0 spiro atoms. The summed E-state index contributed by atoms with van der Waals surface area (Å²) in [5.41, 5.74) is 2.32. The van der Waals surface area contributed by atoms with E-state index in [4.69, 9.17) is 4.74 Å². The summed E-state index contributed by atoms with van der Waals surface area (Å²) in [6.07, 6.45) is 1.92. The molecule has 132 valence electrons. The van der Waals surface area contributed by atoms with Crippen LogP contribution >= 0.6 is 35.3 Å². The lowest BCUT2D eigenvalue weighted by Crippen LogP contribution is -2.37. The Morgan fingerprint density at radius 2 is 2.00 bits per heavy atom. The number of aromatic nitrogens is 1. The molecule has 0 fully saturated rings. The molecule has 1 aromatic heterocycles. The van der Waals surface area contributed by atoms with E-state index >= 15 is 0 Å². The molecular weight excluding hydrogens is 435 g/mol. The molecule has 1 heterocycles. The van der Waals surface area contributed by atoms with Crippen LogP contribution in [0.4, 0.5) is 0 Å². The van der Waals surface area contributed by atoms with Gasteiger partial charge in [0.05, 0.1) is 24.4 Å². The Bertz CT molecular complexity index is 628. The standard InChI is InChI=1S/C17H24N4OS.HI/c1-4-16-21-14(12-23-16)11-20-17(18-2)19-10-9-13-5-7-15(22-3)8-6-13;/h5-8,12H,4,9-11H2,1-3H3,(H2,18,19,20);1H. The van der Waals surface area contributed by atoms with E-state index in [0.717, 1.165) is 36.8 Å². The number of thiazole rings is 1. The van der Waals surface area contributed by atoms with Gasteiger partial charge in [0, 0.05) is 19.0 Å². The third-order valence-electron chi connectivity index (χ3n) is 3.43. The number of guanidine groups is 1. The van der Waals surface area contributed by atoms with Gasteiger partial charge in [0.25, 0.3) is 0 Å². The van der Waals surface area contributed by atoms with Gasteiger partial charge in [-0.2, -0.15) is 0 Å². The monoisotopic (exact) mass is 460 g/mol. The third kappa shape index (κ3) is 6.64. The average molecular weight is 460 g/mol. The Hall–Kier alpha value is -1.35. The normalized spacial score (nSPS) is 10.9. The van der Waals surface area contributed by atoms with Crippen molar-refractivity contribution in [3.63, 3.8) is 0 Å². The van der Waals surface area contributed by atoms with Crippen molar-refractivity contribution in [2.45, 2.75) is 26.3 Å². The molecular formula is C17H25IN4OS. The van der Waals surface area contributed by atoms with E-state index in [9.17, 15) is 0 Å². The largest absolute Gasteiger partial charge is 0.497 e. The minimum Gasteiger partial charge on any atom is -0.497 e. The Balaban J connectivity index is 0.00000288. The number of ether oxygens (including phenoxy) is 1. The summed E-state index contributed by atoms with van der Waals surface area (Å²) in [5, 5.41) is 9.88. The zero-order valence-electron chi connectivity index (χ0n) is 14.3. The molecule has 1 aromatic carbocycles. The number of methoxy groups -OCH3 is 1. The number of benzene rings is 1. The lowest BCUT2D eigenvalue weighted by Gasteiger charge is -2.11. The molecule has 0 radical (unpaired) electrons. The summed E-state index contributed by atoms with van der Waals surface area (Å²) in [6, 6.07) is 8.13. The molecule has 0 aliphatic carbocycles. The fourth-order valence-electron chi connectivity index (χ4n) is 2.10. The third-order valence-corrected chi connectivity index (χ3v) is 4.47. The van der Waals surface area contributed by atoms with Gasteiger partial charge in [-0.15, -0.1) is 35.3 Å². The molecule has 0 aliphatic heterocycles. The maximum atomic E-state index is 5.16. The highest BCUT2D eigenvalue weighted by molar-refractivity contribution is 14.0. The van der Waals surface area contributed by atoms with Crippen LogP contribution in [-0.4, -0.2) is 31.6 Å². The Labute approximate surface area is 165 Å². The molecule has 2 aromatic rings. The number of nitrogens with zero attached hydrogens (tertiary/aromatic N) is 2. The fourth-order valence-corrected chi connectivity index (χ4v) is 2.85. The average Bonchev–Trinajstić information content (AvgIpc) is 3.06. The molecule has 7 heteroatoms. The van der Waals surface area contributed by atoms with Crippen LogP contribution in [-0.2, 0) is 19.4 Å². The first-order valence-corrected chi connectivity index (χ1v) is 8.63. The van der Waals surface area contributed by atoms with Gasteiger partial charge in [0.15, 0.2) is 5.96 Å². The second-order valence-corrected chi connectivity index (χ2v) is 5.98. The molecule has 5 nitrogen and oxygen atoms in total. The van der Waals surface area contributed by atoms with Crippen molar-refractivity contribution in [3.8, 4) is 5.75 Å². The summed E-state index contributed by atoms with van der Waals surface area (Å²) in [5.74, 6) is 1.68. The minimum atomic E-state index is 0. The van der Waals surface area contributed by atoms with Crippen molar-refractivity contribution in [1.29, 1.82) is 0 Å². The summed E-state index contributed by atoms with van der Waals surface area (Å²) in [7, 11) is 3.46. The van der Waals surface area contributed by atoms with E-state index in [1.807, 2.05) is 12.1 Å². The van der Waals surface area contributed by atoms with Gasteiger partial charge in [-0.05, 0) is 30.5 Å². The van der Waals surface area contributed by atoms with Crippen molar-refractivity contribution < 1.29 is 4.74 Å². The Kier molecular flexibility index (Phi) is 9.70. The molecule has 2 N–H and O–H groups in total. The van der Waals surface area contributed by atoms with Crippen molar-refractivity contribution in [2.24, 2.45) is 4.99 Å². The first kappa shape index (κ1) is 20.7. The van der Waals surface area contributed by atoms with Crippen LogP contribution in [0.25, 0.3) is 0 Å². The van der Waals surface area contributed by atoms with E-state index in [-0.39, 0.29) is 24.0 Å². The smallest absolute Gasteiger partial charge is 0.191 e. The fraction of sp³-hybridized carbons (Fsp3) is 0.412. The van der Waals surface area contributed by atoms with Gasteiger partial charge >= 0.3 is 0 Å². The van der Waals surface area contributed by atoms with Gasteiger partial charge in [0.1, 0.15) is 5.75 Å². The number of nitrogens with one attached hydrogen (secondary N) is 2. The number of hydrogen-bond acceptors (Lipinski definition) is 4. The zero-order valence-corrected chi connectivity index (χ0v) is 17.5. The van der Waals surface area contributed by atoms with Crippen molar-refractivity contribution >= 4 is 41.3 Å². The molecule has 0 aliphatic rings. The number of hydrogen-bond donors (Lipinski definition) is 2. The molecule has 0 saturated heterocycles. The van der Waals surface area contributed by atoms with Crippen molar-refractivity contribution in [3.05, 3.63) is 45.9 Å². The van der Waals surface area contributed by atoms with Crippen LogP contribution in [0.2, 0.25) is 0 Å². The van der Waals surface area contributed by atoms with Crippen molar-refractivity contribution in [2.75, 3.05) is 20.7 Å². The first-order chi connectivity index (χ1) is 11.2. The molecule has 0 bridgehead atoms. The maximum Gasteiger partial charge on any atom is 0.191 e. The number of halogens is 1. The highest BCUT2D eigenvalue weighted by atomic mass is 127. The quantitative estimate of drug-likeness (QED) is 0.379. The summed E-state index contributed by atoms with van der Waals surface area (Å²) in [4.78, 5) is 8.78. The summed E-state index contributed by atoms with van der Waals surface area (Å²) in [6.45, 7) is 3.64. The van der Waals surface area contributed by atoms with Crippen LogP contribution in [0, 0.1) is 0 Å². The first-order valence-electron chi connectivity index (χ1n) is 7.76. The SMILES string of the molecule is CCc1nc(CNC(=NC)NCCc2ccc(OC)cc2)cs1.I. The second-order valence-electron chi connectivity index (χ2n) is 5.04. The second kappa shape index (κ2) is 11.2. The molecule has 0 atom stereocenters. The van der Waals surface area contributed by atoms with Crippen LogP contribution in [0.3, 0.4) is 0 Å². The number of aliphatic imine (C=N–C) groups is 1. The Morgan fingerprint density at radius 1 is 1.25 bits per heavy atom. The van der Waals surface area contributed by atoms with E-state index in [2.05, 4.69) is 45.0 Å². The Morgan fingerprint density at radius 3 is 2.58 bits per heavy atom. The van der Waals surface area contributed by atoms with Crippen molar-refractivity contribution in [1.82, 2.24) is 15.6 Å². The topological polar surface area (TPSA) is 58.5 Å². The van der Waals surface area contributed by atoms with E-state index in [1.165, 1.54) is 10.6 Å². The predicted octanol–water partition coefficient (Wildman–Crippen LogP) is 3.24. The van der Waals surface area contributed by atoms with Crippen LogP contribution in [0.1, 0.15) is 23.2 Å². The highest BCUT2D eigenvalue weighted by Gasteiger charge is 2.02. The highest BCUT2D eigenvalue weighted by Crippen LogP contribution is 2.11. The van der Waals surface area contributed by atoms with E-state index in [0.29, 0.717) is 6.54 Å². The molecule has 24 heavy (non-hydrogen) atoms. The number of aryl methyl sites for hydroxylation is 1. The summed E-state index contributed by atoms with van der Waals surface area (Å²) >= 11 is 1.71. The van der Waals surface area contributed by atoms with Crippen LogP contribution in [0.15, 0.2) is 34.6 Å². The summed E-state index contributed by atoms with van der Waals surface area (Å²) < 4.78 is 5.16. The van der Waals surface area contributed by atoms with Crippen LogP contribution < -0.4 is 15.4 Å². The maximum absolute atomic E-state index is 5.16. The van der Waals surface area contributed by atoms with Gasteiger partial charge in [-0.25, -0.2) is 4.98 Å². The molecule has 2 rings (SSSR count). The van der Waals surface area contributed by atoms with Gasteiger partial charge in [-0.1, -0.05) is 19.1 Å². The predicted molar refractivity (Wildman–Crippen MR) is 112 cm³/mol. The van der Waals surface area contributed by atoms with Gasteiger partial charge in [-0.3, -0.25) is 4.99 Å². The minimum absolute atomic E-state index is 0.